The molecule has 0 heteroatoms. The smallest absolute Gasteiger partial charge is 0.0270 e. The van der Waals surface area contributed by atoms with Crippen LogP contribution in [0.25, 0.3) is 0 Å². The Morgan fingerprint density at radius 3 is 2.44 bits per heavy atom. The molecule has 1 aromatic rings. The molecule has 0 spiro atoms. The number of fused-ring (bicyclic) bond motifs is 1. The highest BCUT2D eigenvalue weighted by molar-refractivity contribution is 5.47. The van der Waals surface area contributed by atoms with Crippen LogP contribution in [0.3, 0.4) is 0 Å². The largest absolute Gasteiger partial charge is 0.0683 e. The minimum absolute atomic E-state index is 1.25. The molecule has 90 valence electrons. The average molecular weight is 218 g/mol. The summed E-state index contributed by atoms with van der Waals surface area (Å²) in [6.45, 7) is 10.9. The molecule has 0 unspecified atom stereocenters. The van der Waals surface area contributed by atoms with Gasteiger partial charge in [-0.05, 0) is 67.3 Å². The van der Waals surface area contributed by atoms with Gasteiger partial charge in [0.25, 0.3) is 0 Å². The van der Waals surface area contributed by atoms with Gasteiger partial charge in [0.05, 0.1) is 0 Å². The van der Waals surface area contributed by atoms with Crippen molar-refractivity contribution in [1.29, 1.82) is 0 Å². The Morgan fingerprint density at radius 1 is 1.12 bits per heavy atom. The zero-order valence-corrected chi connectivity index (χ0v) is 11.6. The second-order valence-corrected chi connectivity index (χ2v) is 4.54. The molecule has 0 fully saturated rings. The number of hydrogen-bond acceptors (Lipinski definition) is 0. The van der Waals surface area contributed by atoms with Crippen LogP contribution < -0.4 is 0 Å². The molecular formula is C16H26. The second-order valence-electron chi connectivity index (χ2n) is 4.54. The van der Waals surface area contributed by atoms with Gasteiger partial charge in [-0.25, -0.2) is 0 Å². The maximum absolute atomic E-state index is 2.43. The van der Waals surface area contributed by atoms with Crippen molar-refractivity contribution < 1.29 is 0 Å². The zero-order chi connectivity index (χ0) is 12.1. The van der Waals surface area contributed by atoms with Gasteiger partial charge in [0, 0.05) is 0 Å². The molecule has 0 N–H and O–H groups in total. The Morgan fingerprint density at radius 2 is 1.81 bits per heavy atom. The lowest BCUT2D eigenvalue weighted by Crippen LogP contribution is -1.99. The zero-order valence-electron chi connectivity index (χ0n) is 11.6. The standard InChI is InChI=1S/C14H20.C2H6/c1-4-6-13-10(2)9-12-7-5-8-14(12)11(13)3;1-2/h9H,4-8H2,1-3H3;1-2H3. The first kappa shape index (κ1) is 13.3. The van der Waals surface area contributed by atoms with Gasteiger partial charge in [0.2, 0.25) is 0 Å². The summed E-state index contributed by atoms with van der Waals surface area (Å²) in [7, 11) is 0. The van der Waals surface area contributed by atoms with E-state index in [1.807, 2.05) is 13.8 Å². The lowest BCUT2D eigenvalue weighted by molar-refractivity contribution is 0.891. The van der Waals surface area contributed by atoms with Crippen molar-refractivity contribution in [1.82, 2.24) is 0 Å². The third kappa shape index (κ3) is 2.48. The van der Waals surface area contributed by atoms with Crippen LogP contribution in [0, 0.1) is 13.8 Å². The summed E-state index contributed by atoms with van der Waals surface area (Å²) in [4.78, 5) is 0. The molecule has 0 aromatic heterocycles. The highest BCUT2D eigenvalue weighted by atomic mass is 14.2. The molecule has 0 radical (unpaired) electrons. The number of benzene rings is 1. The van der Waals surface area contributed by atoms with Gasteiger partial charge in [0.15, 0.2) is 0 Å². The van der Waals surface area contributed by atoms with Gasteiger partial charge in [0.1, 0.15) is 0 Å². The lowest BCUT2D eigenvalue weighted by atomic mass is 9.92. The summed E-state index contributed by atoms with van der Waals surface area (Å²) in [5, 5.41) is 0. The van der Waals surface area contributed by atoms with Crippen molar-refractivity contribution in [2.24, 2.45) is 0 Å². The van der Waals surface area contributed by atoms with Crippen LogP contribution in [0.4, 0.5) is 0 Å². The fraction of sp³-hybridized carbons (Fsp3) is 0.625. The monoisotopic (exact) mass is 218 g/mol. The van der Waals surface area contributed by atoms with E-state index in [1.165, 1.54) is 37.7 Å². The van der Waals surface area contributed by atoms with Crippen LogP contribution in [0.2, 0.25) is 0 Å². The predicted molar refractivity (Wildman–Crippen MR) is 73.3 cm³/mol. The molecule has 0 heterocycles. The van der Waals surface area contributed by atoms with Gasteiger partial charge in [-0.2, -0.15) is 0 Å². The first-order valence-electron chi connectivity index (χ1n) is 6.85. The predicted octanol–water partition coefficient (Wildman–Crippen LogP) is 4.77. The van der Waals surface area contributed by atoms with Gasteiger partial charge < -0.3 is 0 Å². The van der Waals surface area contributed by atoms with E-state index in [-0.39, 0.29) is 0 Å². The SMILES string of the molecule is CC.CCCc1c(C)cc2c(c1C)CCC2. The van der Waals surface area contributed by atoms with E-state index >= 15 is 0 Å². The summed E-state index contributed by atoms with van der Waals surface area (Å²) >= 11 is 0. The summed E-state index contributed by atoms with van der Waals surface area (Å²) in [5.41, 5.74) is 8.02. The van der Waals surface area contributed by atoms with Crippen LogP contribution in [0.15, 0.2) is 6.07 Å². The minimum atomic E-state index is 1.25. The van der Waals surface area contributed by atoms with Crippen LogP contribution in [0.1, 0.15) is 61.4 Å². The first-order valence-corrected chi connectivity index (χ1v) is 6.85. The van der Waals surface area contributed by atoms with E-state index < -0.39 is 0 Å². The molecule has 16 heavy (non-hydrogen) atoms. The van der Waals surface area contributed by atoms with Gasteiger partial charge >= 0.3 is 0 Å². The fourth-order valence-corrected chi connectivity index (χ4v) is 2.82. The van der Waals surface area contributed by atoms with E-state index in [4.69, 9.17) is 0 Å². The van der Waals surface area contributed by atoms with Crippen molar-refractivity contribution in [3.63, 3.8) is 0 Å². The third-order valence-electron chi connectivity index (χ3n) is 3.53. The molecular weight excluding hydrogens is 192 g/mol. The molecule has 0 amide bonds. The normalized spacial score (nSPS) is 13.1. The Balaban J connectivity index is 0.000000606. The van der Waals surface area contributed by atoms with E-state index in [9.17, 15) is 0 Å². The average Bonchev–Trinajstić information content (AvgIpc) is 2.75. The van der Waals surface area contributed by atoms with Crippen molar-refractivity contribution >= 4 is 0 Å². The van der Waals surface area contributed by atoms with Gasteiger partial charge in [-0.15, -0.1) is 0 Å². The molecule has 0 bridgehead atoms. The van der Waals surface area contributed by atoms with Crippen LogP contribution in [-0.2, 0) is 19.3 Å². The Kier molecular flexibility index (Phi) is 5.05. The van der Waals surface area contributed by atoms with E-state index in [0.717, 1.165) is 0 Å². The van der Waals surface area contributed by atoms with E-state index in [0.29, 0.717) is 0 Å². The fourth-order valence-electron chi connectivity index (χ4n) is 2.82. The van der Waals surface area contributed by atoms with Gasteiger partial charge in [-0.1, -0.05) is 33.3 Å². The van der Waals surface area contributed by atoms with Crippen molar-refractivity contribution in [3.05, 3.63) is 33.9 Å². The van der Waals surface area contributed by atoms with Crippen LogP contribution in [-0.4, -0.2) is 0 Å². The van der Waals surface area contributed by atoms with Crippen molar-refractivity contribution in [2.45, 2.75) is 66.7 Å². The maximum atomic E-state index is 2.43. The molecule has 0 aliphatic heterocycles. The lowest BCUT2D eigenvalue weighted by Gasteiger charge is -2.13. The molecule has 1 aromatic carbocycles. The Hall–Kier alpha value is -0.780. The quantitative estimate of drug-likeness (QED) is 0.670. The second kappa shape index (κ2) is 6.08. The Bertz CT molecular complexity index is 348. The van der Waals surface area contributed by atoms with Crippen molar-refractivity contribution in [2.75, 3.05) is 0 Å². The molecule has 0 atom stereocenters. The van der Waals surface area contributed by atoms with E-state index in [1.54, 1.807) is 22.3 Å². The number of rotatable bonds is 2. The van der Waals surface area contributed by atoms with Crippen molar-refractivity contribution in [3.8, 4) is 0 Å². The van der Waals surface area contributed by atoms with Crippen LogP contribution in [0.5, 0.6) is 0 Å². The summed E-state index contributed by atoms with van der Waals surface area (Å²) in [5.74, 6) is 0. The van der Waals surface area contributed by atoms with E-state index in [2.05, 4.69) is 26.8 Å². The topological polar surface area (TPSA) is 0 Å². The minimum Gasteiger partial charge on any atom is -0.0683 e. The third-order valence-corrected chi connectivity index (χ3v) is 3.53. The summed E-state index contributed by atoms with van der Waals surface area (Å²) in [6, 6.07) is 2.43. The number of hydrogen-bond donors (Lipinski definition) is 0. The molecule has 0 saturated heterocycles. The number of aryl methyl sites for hydroxylation is 2. The molecule has 1 aliphatic carbocycles. The summed E-state index contributed by atoms with van der Waals surface area (Å²) in [6.07, 6.45) is 6.51. The molecule has 1 aliphatic rings. The first-order chi connectivity index (χ1) is 7.74. The molecule has 0 saturated carbocycles. The molecule has 0 nitrogen and oxygen atoms in total. The Labute approximate surface area is 101 Å². The maximum Gasteiger partial charge on any atom is -0.0270 e. The molecule has 2 rings (SSSR count). The van der Waals surface area contributed by atoms with Gasteiger partial charge in [-0.3, -0.25) is 0 Å². The van der Waals surface area contributed by atoms with Crippen LogP contribution >= 0.6 is 0 Å². The highest BCUT2D eigenvalue weighted by Crippen LogP contribution is 2.30. The summed E-state index contributed by atoms with van der Waals surface area (Å²) < 4.78 is 0. The highest BCUT2D eigenvalue weighted by Gasteiger charge is 2.16.